The third kappa shape index (κ3) is 4.21. The normalized spacial score (nSPS) is 21.4. The topological polar surface area (TPSA) is 90.9 Å². The first-order valence-electron chi connectivity index (χ1n) is 11.9. The van der Waals surface area contributed by atoms with E-state index in [0.717, 1.165) is 72.3 Å². The van der Waals surface area contributed by atoms with Gasteiger partial charge in [0.1, 0.15) is 24.5 Å². The zero-order chi connectivity index (χ0) is 22.9. The molecule has 9 heteroatoms. The van der Waals surface area contributed by atoms with E-state index in [2.05, 4.69) is 25.2 Å². The van der Waals surface area contributed by atoms with E-state index < -0.39 is 0 Å². The summed E-state index contributed by atoms with van der Waals surface area (Å²) in [5.74, 6) is 3.88. The highest BCUT2D eigenvalue weighted by Gasteiger charge is 2.32. The van der Waals surface area contributed by atoms with Crippen LogP contribution in [-0.4, -0.2) is 73.0 Å². The Bertz CT molecular complexity index is 1190. The minimum atomic E-state index is 0.286. The largest absolute Gasteiger partial charge is 0.491 e. The van der Waals surface area contributed by atoms with Gasteiger partial charge in [-0.1, -0.05) is 0 Å². The van der Waals surface area contributed by atoms with Gasteiger partial charge in [0.25, 0.3) is 0 Å². The summed E-state index contributed by atoms with van der Waals surface area (Å²) >= 11 is 0. The van der Waals surface area contributed by atoms with Crippen molar-refractivity contribution in [2.75, 3.05) is 53.1 Å². The van der Waals surface area contributed by atoms with Crippen molar-refractivity contribution < 1.29 is 18.9 Å². The van der Waals surface area contributed by atoms with Gasteiger partial charge in [0.2, 0.25) is 5.88 Å². The minimum absolute atomic E-state index is 0.286. The Hall–Kier alpha value is -3.17. The van der Waals surface area contributed by atoms with Gasteiger partial charge in [0.15, 0.2) is 11.5 Å². The van der Waals surface area contributed by atoms with Gasteiger partial charge in [-0.25, -0.2) is 4.98 Å². The average Bonchev–Trinajstić information content (AvgIpc) is 3.51. The molecule has 34 heavy (non-hydrogen) atoms. The molecule has 3 aromatic heterocycles. The van der Waals surface area contributed by atoms with Crippen LogP contribution < -0.4 is 24.3 Å². The molecule has 1 fully saturated rings. The van der Waals surface area contributed by atoms with E-state index in [0.29, 0.717) is 31.6 Å². The molecule has 0 amide bonds. The van der Waals surface area contributed by atoms with E-state index in [9.17, 15) is 0 Å². The van der Waals surface area contributed by atoms with Crippen molar-refractivity contribution in [3.8, 4) is 23.1 Å². The highest BCUT2D eigenvalue weighted by atomic mass is 16.6. The third-order valence-corrected chi connectivity index (χ3v) is 6.82. The third-order valence-electron chi connectivity index (χ3n) is 6.82. The van der Waals surface area contributed by atoms with E-state index in [1.807, 2.05) is 24.4 Å². The van der Waals surface area contributed by atoms with Crippen molar-refractivity contribution in [1.29, 1.82) is 0 Å². The summed E-state index contributed by atoms with van der Waals surface area (Å²) < 4.78 is 22.5. The number of aromatic nitrogens is 3. The van der Waals surface area contributed by atoms with Crippen LogP contribution in [-0.2, 0) is 6.54 Å². The number of hydrogen-bond acceptors (Lipinski definition) is 9. The lowest BCUT2D eigenvalue weighted by molar-refractivity contribution is 0.170. The fraction of sp³-hybridized carbons (Fsp3) is 0.480. The van der Waals surface area contributed by atoms with Crippen molar-refractivity contribution in [3.63, 3.8) is 0 Å². The quantitative estimate of drug-likeness (QED) is 0.567. The molecule has 3 aromatic rings. The molecular formula is C25H29N5O4. The zero-order valence-corrected chi connectivity index (χ0v) is 19.3. The first-order chi connectivity index (χ1) is 16.8. The van der Waals surface area contributed by atoms with Gasteiger partial charge >= 0.3 is 0 Å². The Morgan fingerprint density at radius 1 is 1.09 bits per heavy atom. The fourth-order valence-electron chi connectivity index (χ4n) is 5.14. The van der Waals surface area contributed by atoms with Crippen molar-refractivity contribution in [2.45, 2.75) is 18.9 Å². The van der Waals surface area contributed by atoms with Crippen molar-refractivity contribution in [3.05, 3.63) is 41.9 Å². The van der Waals surface area contributed by atoms with Crippen molar-refractivity contribution in [2.24, 2.45) is 5.92 Å². The van der Waals surface area contributed by atoms with Crippen LogP contribution in [0.3, 0.4) is 0 Å². The van der Waals surface area contributed by atoms with Crippen LogP contribution in [0.5, 0.6) is 23.1 Å². The number of pyridine rings is 3. The molecule has 6 rings (SSSR count). The van der Waals surface area contributed by atoms with E-state index in [-0.39, 0.29) is 5.92 Å². The second-order valence-electron chi connectivity index (χ2n) is 9.13. The number of ether oxygens (including phenoxy) is 4. The van der Waals surface area contributed by atoms with Gasteiger partial charge in [-0.05, 0) is 31.5 Å². The molecule has 2 atom stereocenters. The molecule has 3 aliphatic rings. The minimum Gasteiger partial charge on any atom is -0.491 e. The Morgan fingerprint density at radius 3 is 2.88 bits per heavy atom. The highest BCUT2D eigenvalue weighted by molar-refractivity contribution is 5.81. The molecule has 178 valence electrons. The Morgan fingerprint density at radius 2 is 1.97 bits per heavy atom. The number of nitrogens with zero attached hydrogens (tertiary/aromatic N) is 4. The maximum absolute atomic E-state index is 5.97. The Balaban J connectivity index is 1.05. The molecule has 9 nitrogen and oxygen atoms in total. The monoisotopic (exact) mass is 463 g/mol. The van der Waals surface area contributed by atoms with E-state index in [1.165, 1.54) is 6.42 Å². The Kier molecular flexibility index (Phi) is 5.80. The summed E-state index contributed by atoms with van der Waals surface area (Å²) in [6.07, 6.45) is 4.77. The van der Waals surface area contributed by atoms with Gasteiger partial charge < -0.3 is 29.2 Å². The molecule has 0 aromatic carbocycles. The van der Waals surface area contributed by atoms with Gasteiger partial charge in [0, 0.05) is 43.2 Å². The summed E-state index contributed by atoms with van der Waals surface area (Å²) in [6, 6.07) is 5.79. The van der Waals surface area contributed by atoms with E-state index >= 15 is 0 Å². The summed E-state index contributed by atoms with van der Waals surface area (Å²) in [6.45, 7) is 6.68. The number of hydrogen-bond donors (Lipinski definition) is 1. The van der Waals surface area contributed by atoms with Crippen molar-refractivity contribution in [1.82, 2.24) is 25.2 Å². The molecular weight excluding hydrogens is 434 g/mol. The summed E-state index contributed by atoms with van der Waals surface area (Å²) in [7, 11) is 1.64. The number of rotatable bonds is 7. The number of likely N-dealkylation sites (tertiary alicyclic amines) is 1. The molecule has 1 N–H and O–H groups in total. The highest BCUT2D eigenvalue weighted by Crippen LogP contribution is 2.39. The lowest BCUT2D eigenvalue weighted by Gasteiger charge is -2.20. The smallest absolute Gasteiger partial charge is 0.213 e. The standard InChI is InChI=1S/C25H29N5O4/c1-31-23-3-2-19-25(29-23)24-17(15-34-22(24)12-28-19)14-30-5-4-16(13-30)9-26-10-18-8-20-21(11-27-18)33-7-6-32-20/h2-3,8,11-12,16-17,26H,4-7,9-10,13-15H2,1H3/t16-,17-/m0/s1. The Labute approximate surface area is 198 Å². The van der Waals surface area contributed by atoms with Crippen LogP contribution in [0.2, 0.25) is 0 Å². The molecule has 0 bridgehead atoms. The molecule has 0 unspecified atom stereocenters. The SMILES string of the molecule is COc1ccc2ncc3c(c2n1)[C@@H](CN1CC[C@@H](CNCc2cc4c(cn2)OCCO4)C1)CO3. The number of nitrogens with one attached hydrogen (secondary N) is 1. The summed E-state index contributed by atoms with van der Waals surface area (Å²) in [5.41, 5.74) is 3.91. The molecule has 1 saturated heterocycles. The first kappa shape index (κ1) is 21.4. The maximum Gasteiger partial charge on any atom is 0.213 e. The van der Waals surface area contributed by atoms with Crippen LogP contribution in [0.1, 0.15) is 23.6 Å². The zero-order valence-electron chi connectivity index (χ0n) is 19.3. The second-order valence-corrected chi connectivity index (χ2v) is 9.13. The summed E-state index contributed by atoms with van der Waals surface area (Å²) in [5, 5.41) is 3.57. The van der Waals surface area contributed by atoms with E-state index in [1.54, 1.807) is 13.3 Å². The van der Waals surface area contributed by atoms with Gasteiger partial charge in [0.05, 0.1) is 37.3 Å². The first-order valence-corrected chi connectivity index (χ1v) is 11.9. The number of methoxy groups -OCH3 is 1. The fourth-order valence-corrected chi connectivity index (χ4v) is 5.14. The van der Waals surface area contributed by atoms with Gasteiger partial charge in [-0.15, -0.1) is 0 Å². The average molecular weight is 464 g/mol. The van der Waals surface area contributed by atoms with Crippen LogP contribution in [0.25, 0.3) is 11.0 Å². The van der Waals surface area contributed by atoms with Gasteiger partial charge in [-0.2, -0.15) is 0 Å². The number of fused-ring (bicyclic) bond motifs is 4. The molecule has 0 radical (unpaired) electrons. The van der Waals surface area contributed by atoms with Crippen LogP contribution in [0, 0.1) is 5.92 Å². The molecule has 6 heterocycles. The van der Waals surface area contributed by atoms with E-state index in [4.69, 9.17) is 18.9 Å². The maximum atomic E-state index is 5.97. The van der Waals surface area contributed by atoms with Crippen LogP contribution in [0.15, 0.2) is 30.6 Å². The second kappa shape index (κ2) is 9.23. The lowest BCUT2D eigenvalue weighted by Crippen LogP contribution is -2.30. The molecule has 0 aliphatic carbocycles. The lowest BCUT2D eigenvalue weighted by atomic mass is 9.99. The molecule has 3 aliphatic heterocycles. The van der Waals surface area contributed by atoms with Crippen LogP contribution >= 0.6 is 0 Å². The summed E-state index contributed by atoms with van der Waals surface area (Å²) in [4.78, 5) is 16.2. The predicted octanol–water partition coefficient (Wildman–Crippen LogP) is 2.39. The van der Waals surface area contributed by atoms with Gasteiger partial charge in [-0.3, -0.25) is 9.97 Å². The predicted molar refractivity (Wildman–Crippen MR) is 126 cm³/mol. The van der Waals surface area contributed by atoms with Crippen molar-refractivity contribution >= 4 is 11.0 Å². The van der Waals surface area contributed by atoms with Crippen LogP contribution in [0.4, 0.5) is 0 Å². The molecule has 0 saturated carbocycles. The molecule has 0 spiro atoms.